The summed E-state index contributed by atoms with van der Waals surface area (Å²) in [6.07, 6.45) is 8.16. The SMILES string of the molecule is C[C@@H](SC1COC(/C=C/C=C/c2ccc(C#N)cc2F)OC1)[C@@](Cn1cncn1)(OC(=O)c1cccc(Cl)c1COP(=O)(O)O)c1ccc(F)cc1F. The molecule has 4 aromatic rings. The maximum atomic E-state index is 15.8. The second-order valence-electron chi connectivity index (χ2n) is 11.6. The Balaban J connectivity index is 1.39. The summed E-state index contributed by atoms with van der Waals surface area (Å²) >= 11 is 7.55. The van der Waals surface area contributed by atoms with Crippen LogP contribution >= 0.6 is 31.2 Å². The van der Waals surface area contributed by atoms with E-state index in [1.807, 2.05) is 6.07 Å². The summed E-state index contributed by atoms with van der Waals surface area (Å²) in [5.41, 5.74) is -1.93. The van der Waals surface area contributed by atoms with Gasteiger partial charge in [-0.1, -0.05) is 42.0 Å². The lowest BCUT2D eigenvalue weighted by molar-refractivity contribution is -0.146. The summed E-state index contributed by atoms with van der Waals surface area (Å²) in [5.74, 6) is -3.48. The number of nitriles is 1. The van der Waals surface area contributed by atoms with Crippen molar-refractivity contribution < 1.29 is 51.1 Å². The Bertz CT molecular complexity index is 2070. The minimum Gasteiger partial charge on any atom is -0.447 e. The highest BCUT2D eigenvalue weighted by Gasteiger charge is 2.47. The number of hydrogen-bond acceptors (Lipinski definition) is 10. The fourth-order valence-corrected chi connectivity index (χ4v) is 7.28. The van der Waals surface area contributed by atoms with E-state index in [2.05, 4.69) is 14.6 Å². The van der Waals surface area contributed by atoms with Gasteiger partial charge in [0.25, 0.3) is 0 Å². The van der Waals surface area contributed by atoms with Gasteiger partial charge in [0.15, 0.2) is 11.9 Å². The standard InChI is InChI=1S/C35H31ClF3N4O8PS/c1-22(53-26-16-48-33(49-17-26)8-3-2-5-24-10-9-23(15-40)13-31(24)38)35(19-43-21-41-20-42-43,29-12-11-25(37)14-32(29)39)51-34(44)27-6-4-7-30(36)28(27)18-50-52(45,46)47/h2-14,20-22,26,33H,16-19H2,1H3,(H2,45,46,47)/b5-2+,8-3+/t22-,26?,33?,35-/m1/s1. The van der Waals surface area contributed by atoms with Crippen LogP contribution in [0.1, 0.15) is 39.5 Å². The third kappa shape index (κ3) is 10.4. The molecular formula is C35H31ClF3N4O8PS. The zero-order valence-electron chi connectivity index (χ0n) is 27.7. The van der Waals surface area contributed by atoms with Crippen molar-refractivity contribution in [1.29, 1.82) is 5.26 Å². The Kier molecular flexibility index (Phi) is 13.3. The monoisotopic (exact) mass is 790 g/mol. The van der Waals surface area contributed by atoms with Crippen molar-refractivity contribution >= 4 is 43.2 Å². The van der Waals surface area contributed by atoms with Crippen LogP contribution in [0, 0.1) is 28.8 Å². The third-order valence-corrected chi connectivity index (χ3v) is 10.2. The predicted octanol–water partition coefficient (Wildman–Crippen LogP) is 6.72. The average molecular weight is 791 g/mol. The van der Waals surface area contributed by atoms with E-state index in [0.29, 0.717) is 11.6 Å². The molecule has 5 rings (SSSR count). The number of benzene rings is 3. The van der Waals surface area contributed by atoms with E-state index in [0.717, 1.165) is 18.2 Å². The van der Waals surface area contributed by atoms with Gasteiger partial charge in [0.2, 0.25) is 0 Å². The number of phosphoric ester groups is 1. The Morgan fingerprint density at radius 1 is 1.17 bits per heavy atom. The molecule has 1 aliphatic heterocycles. The summed E-state index contributed by atoms with van der Waals surface area (Å²) in [5, 5.41) is 11.8. The second-order valence-corrected chi connectivity index (χ2v) is 14.8. The second kappa shape index (κ2) is 17.7. The van der Waals surface area contributed by atoms with Gasteiger partial charge in [-0.2, -0.15) is 10.4 Å². The molecule has 2 atom stereocenters. The first-order valence-corrected chi connectivity index (χ1v) is 18.5. The van der Waals surface area contributed by atoms with Crippen molar-refractivity contribution in [3.63, 3.8) is 0 Å². The lowest BCUT2D eigenvalue weighted by Crippen LogP contribution is -2.47. The molecule has 0 spiro atoms. The van der Waals surface area contributed by atoms with E-state index in [9.17, 15) is 27.9 Å². The van der Waals surface area contributed by atoms with Gasteiger partial charge in [0.1, 0.15) is 30.1 Å². The zero-order valence-corrected chi connectivity index (χ0v) is 30.2. The highest BCUT2D eigenvalue weighted by atomic mass is 35.5. The number of rotatable bonds is 14. The van der Waals surface area contributed by atoms with E-state index in [1.54, 1.807) is 25.2 Å². The van der Waals surface area contributed by atoms with Crippen LogP contribution in [0.3, 0.4) is 0 Å². The van der Waals surface area contributed by atoms with Crippen molar-refractivity contribution in [2.45, 2.75) is 42.5 Å². The Morgan fingerprint density at radius 3 is 2.60 bits per heavy atom. The number of hydrogen-bond donors (Lipinski definition) is 2. The summed E-state index contributed by atoms with van der Waals surface area (Å²) in [6.45, 7) is 0.918. The summed E-state index contributed by atoms with van der Waals surface area (Å²) < 4.78 is 79.6. The molecule has 18 heteroatoms. The van der Waals surface area contributed by atoms with Crippen LogP contribution in [-0.4, -0.2) is 60.5 Å². The van der Waals surface area contributed by atoms with Crippen LogP contribution in [0.4, 0.5) is 13.2 Å². The molecule has 0 unspecified atom stereocenters. The molecule has 0 amide bonds. The van der Waals surface area contributed by atoms with Gasteiger partial charge in [0, 0.05) is 33.0 Å². The lowest BCUT2D eigenvalue weighted by Gasteiger charge is -2.40. The molecule has 0 bridgehead atoms. The van der Waals surface area contributed by atoms with Gasteiger partial charge < -0.3 is 24.0 Å². The quantitative estimate of drug-likeness (QED) is 0.0789. The molecular weight excluding hydrogens is 760 g/mol. The van der Waals surface area contributed by atoms with Gasteiger partial charge in [-0.25, -0.2) is 32.2 Å². The van der Waals surface area contributed by atoms with Gasteiger partial charge in [-0.05, 0) is 49.4 Å². The van der Waals surface area contributed by atoms with Crippen LogP contribution < -0.4 is 0 Å². The van der Waals surface area contributed by atoms with Gasteiger partial charge in [0.05, 0.1) is 48.8 Å². The van der Waals surface area contributed by atoms with Gasteiger partial charge >= 0.3 is 13.8 Å². The number of allylic oxidation sites excluding steroid dienone is 2. The highest BCUT2D eigenvalue weighted by molar-refractivity contribution is 8.00. The molecule has 1 fully saturated rings. The lowest BCUT2D eigenvalue weighted by atomic mass is 9.89. The molecule has 3 aromatic carbocycles. The smallest absolute Gasteiger partial charge is 0.447 e. The minimum atomic E-state index is -4.98. The molecule has 278 valence electrons. The Labute approximate surface area is 311 Å². The first-order chi connectivity index (χ1) is 25.3. The molecule has 2 N–H and O–H groups in total. The number of thioether (sulfide) groups is 1. The third-order valence-electron chi connectivity index (χ3n) is 7.97. The van der Waals surface area contributed by atoms with Gasteiger partial charge in [-0.15, -0.1) is 11.8 Å². The van der Waals surface area contributed by atoms with Crippen LogP contribution in [-0.2, 0) is 42.1 Å². The molecule has 2 heterocycles. The summed E-state index contributed by atoms with van der Waals surface area (Å²) in [4.78, 5) is 36.6. The normalized spacial score (nSPS) is 18.2. The summed E-state index contributed by atoms with van der Waals surface area (Å²) in [6, 6.07) is 12.9. The van der Waals surface area contributed by atoms with Crippen LogP contribution in [0.15, 0.2) is 85.5 Å². The maximum absolute atomic E-state index is 15.8. The average Bonchev–Trinajstić information content (AvgIpc) is 3.63. The number of halogens is 4. The van der Waals surface area contributed by atoms with Crippen LogP contribution in [0.5, 0.6) is 0 Å². The number of esters is 1. The van der Waals surface area contributed by atoms with Crippen molar-refractivity contribution in [3.05, 3.63) is 136 Å². The van der Waals surface area contributed by atoms with E-state index < -0.39 is 55.0 Å². The van der Waals surface area contributed by atoms with E-state index in [4.69, 9.17) is 31.1 Å². The van der Waals surface area contributed by atoms with Gasteiger partial charge in [-0.3, -0.25) is 4.52 Å². The molecule has 53 heavy (non-hydrogen) atoms. The Morgan fingerprint density at radius 2 is 1.94 bits per heavy atom. The molecule has 1 aliphatic rings. The largest absolute Gasteiger partial charge is 0.469 e. The first-order valence-electron chi connectivity index (χ1n) is 15.7. The molecule has 0 radical (unpaired) electrons. The molecule has 0 aliphatic carbocycles. The number of ether oxygens (including phenoxy) is 3. The van der Waals surface area contributed by atoms with Crippen LogP contribution in [0.2, 0.25) is 5.02 Å². The zero-order chi connectivity index (χ0) is 38.2. The van der Waals surface area contributed by atoms with Crippen LogP contribution in [0.25, 0.3) is 6.08 Å². The summed E-state index contributed by atoms with van der Waals surface area (Å²) in [7, 11) is -4.98. The number of carbonyl (C=O) groups excluding carboxylic acids is 1. The van der Waals surface area contributed by atoms with Crippen molar-refractivity contribution in [2.24, 2.45) is 0 Å². The molecule has 0 saturated carbocycles. The fourth-order valence-electron chi connectivity index (χ4n) is 5.39. The number of aromatic nitrogens is 3. The number of carbonyl (C=O) groups is 1. The van der Waals surface area contributed by atoms with Crippen molar-refractivity contribution in [2.75, 3.05) is 13.2 Å². The fraction of sp³-hybridized carbons (Fsp3) is 0.257. The topological polar surface area (TPSA) is 166 Å². The van der Waals surface area contributed by atoms with E-state index in [-0.39, 0.29) is 52.3 Å². The van der Waals surface area contributed by atoms with Crippen molar-refractivity contribution in [3.8, 4) is 6.07 Å². The first kappa shape index (κ1) is 39.9. The molecule has 12 nitrogen and oxygen atoms in total. The minimum absolute atomic E-state index is 0.0535. The number of phosphoric acid groups is 1. The van der Waals surface area contributed by atoms with E-state index in [1.165, 1.54) is 65.5 Å². The van der Waals surface area contributed by atoms with Crippen molar-refractivity contribution in [1.82, 2.24) is 14.8 Å². The maximum Gasteiger partial charge on any atom is 0.469 e. The predicted molar refractivity (Wildman–Crippen MR) is 188 cm³/mol. The molecule has 1 aromatic heterocycles. The Hall–Kier alpha value is -4.30. The van der Waals surface area contributed by atoms with E-state index >= 15 is 4.39 Å². The molecule has 1 saturated heterocycles. The number of nitrogens with zero attached hydrogens (tertiary/aromatic N) is 4. The highest BCUT2D eigenvalue weighted by Crippen LogP contribution is 2.43.